The molecule has 0 spiro atoms. The zero-order valence-corrected chi connectivity index (χ0v) is 33.7. The second kappa shape index (κ2) is 30.8. The third kappa shape index (κ3) is 20.3. The molecule has 55 heavy (non-hydrogen) atoms. The second-order valence-electron chi connectivity index (χ2n) is 15.2. The largest absolute Gasteiger partial charge is 0.457 e. The van der Waals surface area contributed by atoms with E-state index in [1.165, 1.54) is 70.6 Å². The van der Waals surface area contributed by atoms with Crippen LogP contribution >= 0.6 is 0 Å². The molecule has 2 aliphatic rings. The average molecular weight is 793 g/mol. The Bertz CT molecular complexity index is 969. The van der Waals surface area contributed by atoms with Crippen molar-refractivity contribution in [1.29, 1.82) is 0 Å². The number of carbonyl (C=O) groups is 1. The van der Waals surface area contributed by atoms with Crippen molar-refractivity contribution in [3.8, 4) is 0 Å². The van der Waals surface area contributed by atoms with Crippen LogP contribution in [0.25, 0.3) is 0 Å². The van der Waals surface area contributed by atoms with Crippen molar-refractivity contribution in [1.82, 2.24) is 0 Å². The smallest absolute Gasteiger partial charge is 0.306 e. The van der Waals surface area contributed by atoms with Gasteiger partial charge >= 0.3 is 5.97 Å². The van der Waals surface area contributed by atoms with E-state index >= 15 is 0 Å². The van der Waals surface area contributed by atoms with E-state index in [1.807, 2.05) is 0 Å². The summed E-state index contributed by atoms with van der Waals surface area (Å²) in [6.45, 7) is 3.59. The molecule has 7 N–H and O–H groups in total. The lowest BCUT2D eigenvalue weighted by molar-refractivity contribution is -0.332. The Morgan fingerprint density at radius 3 is 1.67 bits per heavy atom. The Hall–Kier alpha value is -1.27. The third-order valence-electron chi connectivity index (χ3n) is 10.3. The van der Waals surface area contributed by atoms with Crippen molar-refractivity contribution >= 4 is 5.97 Å². The van der Waals surface area contributed by atoms with Crippen molar-refractivity contribution in [2.24, 2.45) is 0 Å². The van der Waals surface area contributed by atoms with Gasteiger partial charge in [-0.3, -0.25) is 4.79 Å². The highest BCUT2D eigenvalue weighted by molar-refractivity contribution is 5.69. The molecule has 0 aliphatic carbocycles. The van der Waals surface area contributed by atoms with Gasteiger partial charge in [0, 0.05) is 13.0 Å². The van der Waals surface area contributed by atoms with Gasteiger partial charge in [-0.1, -0.05) is 109 Å². The van der Waals surface area contributed by atoms with Crippen molar-refractivity contribution < 1.29 is 69.0 Å². The molecule has 0 bridgehead atoms. The first-order valence-corrected chi connectivity index (χ1v) is 21.3. The van der Waals surface area contributed by atoms with Crippen LogP contribution in [-0.4, -0.2) is 142 Å². The van der Waals surface area contributed by atoms with Crippen LogP contribution in [0, 0.1) is 0 Å². The molecular weight excluding hydrogens is 716 g/mol. The monoisotopic (exact) mass is 793 g/mol. The van der Waals surface area contributed by atoms with E-state index < -0.39 is 80.7 Å². The topological polar surface area (TPSA) is 214 Å². The Morgan fingerprint density at radius 2 is 1.07 bits per heavy atom. The maximum absolute atomic E-state index is 12.8. The summed E-state index contributed by atoms with van der Waals surface area (Å²) in [4.78, 5) is 12.8. The zero-order valence-electron chi connectivity index (χ0n) is 33.7. The van der Waals surface area contributed by atoms with Crippen LogP contribution in [0.5, 0.6) is 0 Å². The first-order valence-electron chi connectivity index (χ1n) is 21.3. The van der Waals surface area contributed by atoms with Crippen molar-refractivity contribution in [3.05, 3.63) is 12.2 Å². The molecule has 0 aromatic heterocycles. The molecular formula is C41H76O14. The number of aliphatic hydroxyl groups excluding tert-OH is 7. The molecule has 11 unspecified atom stereocenters. The maximum Gasteiger partial charge on any atom is 0.306 e. The van der Waals surface area contributed by atoms with Crippen LogP contribution in [-0.2, 0) is 33.2 Å². The van der Waals surface area contributed by atoms with E-state index in [0.717, 1.165) is 44.9 Å². The van der Waals surface area contributed by atoms with Gasteiger partial charge in [0.1, 0.15) is 54.9 Å². The summed E-state index contributed by atoms with van der Waals surface area (Å²) in [6, 6.07) is 0. The molecule has 2 fully saturated rings. The van der Waals surface area contributed by atoms with Gasteiger partial charge in [0.05, 0.1) is 26.4 Å². The number of rotatable bonds is 32. The van der Waals surface area contributed by atoms with E-state index in [9.17, 15) is 40.5 Å². The fraction of sp³-hybridized carbons (Fsp3) is 0.927. The van der Waals surface area contributed by atoms with E-state index in [0.29, 0.717) is 13.0 Å². The van der Waals surface area contributed by atoms with Gasteiger partial charge in [-0.2, -0.15) is 0 Å². The van der Waals surface area contributed by atoms with Gasteiger partial charge in [-0.05, 0) is 38.5 Å². The minimum Gasteiger partial charge on any atom is -0.457 e. The summed E-state index contributed by atoms with van der Waals surface area (Å²) in [6.07, 6.45) is 10.3. The van der Waals surface area contributed by atoms with Crippen LogP contribution in [0.1, 0.15) is 142 Å². The van der Waals surface area contributed by atoms with Crippen LogP contribution in [0.2, 0.25) is 0 Å². The number of ether oxygens (including phenoxy) is 6. The van der Waals surface area contributed by atoms with Gasteiger partial charge in [-0.25, -0.2) is 0 Å². The summed E-state index contributed by atoms with van der Waals surface area (Å²) in [5.74, 6) is -0.386. The number of allylic oxidation sites excluding steroid dienone is 2. The SMILES string of the molecule is CCCCCC/C=C\CCCCCCCCOCC(COC1OC(COC2OC(CO)C(O)C(O)C2O)C(O)C(O)C1O)OC(=O)CCCCCCCCC. The Kier molecular flexibility index (Phi) is 27.9. The summed E-state index contributed by atoms with van der Waals surface area (Å²) >= 11 is 0. The summed E-state index contributed by atoms with van der Waals surface area (Å²) in [5, 5.41) is 71.6. The van der Waals surface area contributed by atoms with E-state index in [1.54, 1.807) is 0 Å². The van der Waals surface area contributed by atoms with Gasteiger partial charge < -0.3 is 64.2 Å². The maximum atomic E-state index is 12.8. The predicted octanol–water partition coefficient (Wildman–Crippen LogP) is 3.95. The predicted molar refractivity (Wildman–Crippen MR) is 206 cm³/mol. The molecule has 0 radical (unpaired) electrons. The summed E-state index contributed by atoms with van der Waals surface area (Å²) < 4.78 is 34.0. The van der Waals surface area contributed by atoms with E-state index in [2.05, 4.69) is 26.0 Å². The highest BCUT2D eigenvalue weighted by Crippen LogP contribution is 2.26. The lowest BCUT2D eigenvalue weighted by Crippen LogP contribution is -2.61. The minimum atomic E-state index is -1.70. The molecule has 0 aromatic carbocycles. The standard InChI is InChI=1S/C41H76O14/c1-3-5-7-9-11-12-13-14-15-16-17-19-21-23-25-50-27-30(53-33(43)24-22-20-18-10-8-6-4-2)28-51-40-39(49)37(47)35(45)32(55-40)29-52-41-38(48)36(46)34(44)31(26-42)54-41/h12-13,30-32,34-42,44-49H,3-11,14-29H2,1-2H3/b13-12-. The van der Waals surface area contributed by atoms with Crippen LogP contribution < -0.4 is 0 Å². The van der Waals surface area contributed by atoms with Gasteiger partial charge in [0.2, 0.25) is 0 Å². The van der Waals surface area contributed by atoms with Crippen molar-refractivity contribution in [2.75, 3.05) is 33.0 Å². The van der Waals surface area contributed by atoms with Gasteiger partial charge in [0.25, 0.3) is 0 Å². The molecule has 2 heterocycles. The number of carbonyl (C=O) groups excluding carboxylic acids is 1. The molecule has 14 heteroatoms. The number of hydrogen-bond donors (Lipinski definition) is 7. The van der Waals surface area contributed by atoms with Gasteiger partial charge in [0.15, 0.2) is 12.6 Å². The number of unbranched alkanes of at least 4 members (excludes halogenated alkanes) is 16. The average Bonchev–Trinajstić information content (AvgIpc) is 3.18. The number of esters is 1. The van der Waals surface area contributed by atoms with Crippen molar-refractivity contribution in [2.45, 2.75) is 210 Å². The molecule has 324 valence electrons. The molecule has 0 aromatic rings. The molecule has 2 rings (SSSR count). The molecule has 0 amide bonds. The lowest BCUT2D eigenvalue weighted by atomic mass is 9.98. The highest BCUT2D eigenvalue weighted by Gasteiger charge is 2.47. The minimum absolute atomic E-state index is 0.0607. The molecule has 11 atom stereocenters. The van der Waals surface area contributed by atoms with Crippen LogP contribution in [0.3, 0.4) is 0 Å². The lowest BCUT2D eigenvalue weighted by Gasteiger charge is -2.42. The van der Waals surface area contributed by atoms with E-state index in [-0.39, 0.29) is 25.6 Å². The normalized spacial score (nSPS) is 29.2. The van der Waals surface area contributed by atoms with Crippen molar-refractivity contribution in [3.63, 3.8) is 0 Å². The molecule has 2 aliphatic heterocycles. The fourth-order valence-electron chi connectivity index (χ4n) is 6.69. The third-order valence-corrected chi connectivity index (χ3v) is 10.3. The summed E-state index contributed by atoms with van der Waals surface area (Å²) in [7, 11) is 0. The molecule has 2 saturated heterocycles. The second-order valence-corrected chi connectivity index (χ2v) is 15.2. The van der Waals surface area contributed by atoms with Crippen LogP contribution in [0.4, 0.5) is 0 Å². The fourth-order valence-corrected chi connectivity index (χ4v) is 6.69. The highest BCUT2D eigenvalue weighted by atomic mass is 16.7. The molecule has 14 nitrogen and oxygen atoms in total. The first-order chi connectivity index (χ1) is 26.6. The Morgan fingerprint density at radius 1 is 0.582 bits per heavy atom. The Balaban J connectivity index is 1.82. The zero-order chi connectivity index (χ0) is 40.3. The van der Waals surface area contributed by atoms with E-state index in [4.69, 9.17) is 28.4 Å². The molecule has 0 saturated carbocycles. The Labute approximate surface area is 329 Å². The number of hydrogen-bond acceptors (Lipinski definition) is 14. The quantitative estimate of drug-likeness (QED) is 0.0292. The van der Waals surface area contributed by atoms with Crippen LogP contribution in [0.15, 0.2) is 12.2 Å². The first kappa shape index (κ1) is 49.9. The van der Waals surface area contributed by atoms with Gasteiger partial charge in [-0.15, -0.1) is 0 Å². The number of aliphatic hydroxyl groups is 7. The summed E-state index contributed by atoms with van der Waals surface area (Å²) in [5.41, 5.74) is 0.